The van der Waals surface area contributed by atoms with Gasteiger partial charge in [0, 0.05) is 23.9 Å². The van der Waals surface area contributed by atoms with E-state index in [2.05, 4.69) is 0 Å². The van der Waals surface area contributed by atoms with Crippen LogP contribution in [-0.2, 0) is 15.8 Å². The SMILES string of the molecule is O=C(c1ccc([N+](=O)[O-])cc1)[C@H]1[C@H]2C(=O)N(c3cccc(C(F)(F)F)c3)C(=O)[C@@H]2[C@@H]2c3ccccc3C=CN12. The maximum absolute atomic E-state index is 13.8. The minimum Gasteiger partial charge on any atom is -0.358 e. The van der Waals surface area contributed by atoms with Crippen LogP contribution >= 0.6 is 0 Å². The van der Waals surface area contributed by atoms with Crippen molar-refractivity contribution in [3.05, 3.63) is 111 Å². The fourth-order valence-corrected chi connectivity index (χ4v) is 5.85. The number of imide groups is 1. The van der Waals surface area contributed by atoms with Gasteiger partial charge in [-0.1, -0.05) is 30.3 Å². The Labute approximate surface area is 219 Å². The lowest BCUT2D eigenvalue weighted by atomic mass is 9.83. The summed E-state index contributed by atoms with van der Waals surface area (Å²) in [6, 6.07) is 14.2. The Hall–Kier alpha value is -4.80. The Balaban J connectivity index is 1.46. The van der Waals surface area contributed by atoms with Gasteiger partial charge in [0.15, 0.2) is 5.78 Å². The van der Waals surface area contributed by atoms with Crippen molar-refractivity contribution in [1.29, 1.82) is 0 Å². The summed E-state index contributed by atoms with van der Waals surface area (Å²) in [6.45, 7) is 0. The second-order valence-electron chi connectivity index (χ2n) is 9.56. The Morgan fingerprint density at radius 2 is 1.59 bits per heavy atom. The molecule has 39 heavy (non-hydrogen) atoms. The molecule has 4 atom stereocenters. The molecule has 3 heterocycles. The Morgan fingerprint density at radius 3 is 2.28 bits per heavy atom. The number of alkyl halides is 3. The zero-order valence-corrected chi connectivity index (χ0v) is 19.9. The van der Waals surface area contributed by atoms with Crippen molar-refractivity contribution in [2.24, 2.45) is 11.8 Å². The van der Waals surface area contributed by atoms with Crippen molar-refractivity contribution in [3.63, 3.8) is 0 Å². The van der Waals surface area contributed by atoms with Gasteiger partial charge in [-0.3, -0.25) is 24.5 Å². The molecule has 3 aromatic rings. The summed E-state index contributed by atoms with van der Waals surface area (Å²) >= 11 is 0. The van der Waals surface area contributed by atoms with E-state index in [0.717, 1.165) is 28.7 Å². The molecule has 2 saturated heterocycles. The smallest absolute Gasteiger partial charge is 0.358 e. The number of anilines is 1. The zero-order valence-electron chi connectivity index (χ0n) is 19.9. The zero-order chi connectivity index (χ0) is 27.6. The van der Waals surface area contributed by atoms with Crippen LogP contribution in [0.3, 0.4) is 0 Å². The number of rotatable bonds is 4. The number of Topliss-reactive ketones (excluding diaryl/α,β-unsaturated/α-hetero) is 1. The third kappa shape index (κ3) is 3.72. The van der Waals surface area contributed by atoms with Crippen molar-refractivity contribution in [2.75, 3.05) is 4.90 Å². The number of nitro groups is 1. The van der Waals surface area contributed by atoms with Crippen LogP contribution in [0.25, 0.3) is 6.08 Å². The first-order valence-electron chi connectivity index (χ1n) is 12.0. The molecule has 3 aliphatic heterocycles. The maximum atomic E-state index is 13.8. The van der Waals surface area contributed by atoms with Crippen molar-refractivity contribution >= 4 is 35.0 Å². The summed E-state index contributed by atoms with van der Waals surface area (Å²) in [5, 5.41) is 11.1. The molecule has 0 saturated carbocycles. The number of ketones is 1. The average molecular weight is 533 g/mol. The van der Waals surface area contributed by atoms with E-state index in [1.54, 1.807) is 35.4 Å². The summed E-state index contributed by atoms with van der Waals surface area (Å²) < 4.78 is 40.2. The number of benzene rings is 3. The first-order valence-corrected chi connectivity index (χ1v) is 12.0. The molecule has 3 aromatic carbocycles. The molecule has 11 heteroatoms. The van der Waals surface area contributed by atoms with E-state index < -0.39 is 58.2 Å². The molecule has 0 radical (unpaired) electrons. The normalized spacial score (nSPS) is 23.5. The molecule has 6 rings (SSSR count). The largest absolute Gasteiger partial charge is 0.416 e. The average Bonchev–Trinajstić information content (AvgIpc) is 3.40. The molecule has 0 aliphatic carbocycles. The molecular weight excluding hydrogens is 515 g/mol. The molecule has 196 valence electrons. The van der Waals surface area contributed by atoms with Crippen molar-refractivity contribution < 1.29 is 32.5 Å². The van der Waals surface area contributed by atoms with Crippen LogP contribution in [0, 0.1) is 22.0 Å². The maximum Gasteiger partial charge on any atom is 0.416 e. The lowest BCUT2D eigenvalue weighted by Gasteiger charge is -2.35. The number of nitrogens with zero attached hydrogens (tertiary/aromatic N) is 3. The minimum absolute atomic E-state index is 0.107. The highest BCUT2D eigenvalue weighted by atomic mass is 19.4. The molecule has 0 spiro atoms. The molecule has 2 fully saturated rings. The summed E-state index contributed by atoms with van der Waals surface area (Å²) in [4.78, 5) is 54.4. The van der Waals surface area contributed by atoms with E-state index in [1.807, 2.05) is 6.07 Å². The fourth-order valence-electron chi connectivity index (χ4n) is 5.85. The second kappa shape index (κ2) is 8.62. The third-order valence-corrected chi connectivity index (χ3v) is 7.52. The first kappa shape index (κ1) is 24.5. The molecule has 8 nitrogen and oxygen atoms in total. The van der Waals surface area contributed by atoms with Crippen LogP contribution in [0.1, 0.15) is 33.1 Å². The summed E-state index contributed by atoms with van der Waals surface area (Å²) in [5.74, 6) is -4.22. The van der Waals surface area contributed by atoms with Gasteiger partial charge in [-0.05, 0) is 47.5 Å². The van der Waals surface area contributed by atoms with Gasteiger partial charge in [-0.25, -0.2) is 4.90 Å². The van der Waals surface area contributed by atoms with Gasteiger partial charge in [-0.2, -0.15) is 13.2 Å². The number of nitro benzene ring substituents is 1. The summed E-state index contributed by atoms with van der Waals surface area (Å²) in [5.41, 5.74) is 0.156. The highest BCUT2D eigenvalue weighted by Gasteiger charge is 2.64. The molecule has 2 amide bonds. The highest BCUT2D eigenvalue weighted by Crippen LogP contribution is 2.54. The van der Waals surface area contributed by atoms with Gasteiger partial charge >= 0.3 is 6.18 Å². The van der Waals surface area contributed by atoms with Gasteiger partial charge in [0.25, 0.3) is 5.69 Å². The topological polar surface area (TPSA) is 101 Å². The quantitative estimate of drug-likeness (QED) is 0.202. The van der Waals surface area contributed by atoms with Gasteiger partial charge in [0.05, 0.1) is 34.1 Å². The Bertz CT molecular complexity index is 1580. The van der Waals surface area contributed by atoms with E-state index in [1.165, 1.54) is 30.3 Å². The van der Waals surface area contributed by atoms with Crippen molar-refractivity contribution in [3.8, 4) is 0 Å². The molecule has 3 aliphatic rings. The number of non-ortho nitro benzene ring substituents is 1. The van der Waals surface area contributed by atoms with Gasteiger partial charge in [-0.15, -0.1) is 0 Å². The number of halogens is 3. The van der Waals surface area contributed by atoms with Crippen molar-refractivity contribution in [1.82, 2.24) is 4.90 Å². The number of carbonyl (C=O) groups is 3. The van der Waals surface area contributed by atoms with Crippen LogP contribution in [0.4, 0.5) is 24.5 Å². The van der Waals surface area contributed by atoms with Crippen molar-refractivity contribution in [2.45, 2.75) is 18.3 Å². The Morgan fingerprint density at radius 1 is 0.897 bits per heavy atom. The standard InChI is InChI=1S/C28H18F3N3O5/c29-28(30,31)17-5-3-6-19(14-17)33-26(36)21-22(27(33)37)24(25(35)16-8-10-18(11-9-16)34(38)39)32-13-12-15-4-1-2-7-20(15)23(21)32/h1-14,21-24H/t21-,22-,23-,24+/m0/s1. The number of carbonyl (C=O) groups excluding carboxylic acids is 3. The minimum atomic E-state index is -4.68. The van der Waals surface area contributed by atoms with Gasteiger partial charge in [0.2, 0.25) is 11.8 Å². The number of hydrogen-bond acceptors (Lipinski definition) is 6. The van der Waals surface area contributed by atoms with E-state index in [0.29, 0.717) is 5.56 Å². The van der Waals surface area contributed by atoms with Gasteiger partial charge in [0.1, 0.15) is 6.04 Å². The van der Waals surface area contributed by atoms with E-state index >= 15 is 0 Å². The summed E-state index contributed by atoms with van der Waals surface area (Å²) in [7, 11) is 0. The van der Waals surface area contributed by atoms with Crippen LogP contribution in [0.15, 0.2) is 79.0 Å². The lowest BCUT2D eigenvalue weighted by Crippen LogP contribution is -2.44. The van der Waals surface area contributed by atoms with E-state index in [9.17, 15) is 37.7 Å². The predicted molar refractivity (Wildman–Crippen MR) is 132 cm³/mol. The molecule has 0 unspecified atom stereocenters. The van der Waals surface area contributed by atoms with Crippen LogP contribution in [-0.4, -0.2) is 33.5 Å². The highest BCUT2D eigenvalue weighted by molar-refractivity contribution is 6.24. The van der Waals surface area contributed by atoms with E-state index in [-0.39, 0.29) is 16.9 Å². The number of fused-ring (bicyclic) bond motifs is 5. The van der Waals surface area contributed by atoms with E-state index in [4.69, 9.17) is 0 Å². The molecule has 0 bridgehead atoms. The number of hydrogen-bond donors (Lipinski definition) is 0. The van der Waals surface area contributed by atoms with Crippen LogP contribution in [0.2, 0.25) is 0 Å². The van der Waals surface area contributed by atoms with Gasteiger partial charge < -0.3 is 4.90 Å². The molecular formula is C28H18F3N3O5. The monoisotopic (exact) mass is 533 g/mol. The van der Waals surface area contributed by atoms with Crippen LogP contribution in [0.5, 0.6) is 0 Å². The number of amides is 2. The molecule has 0 aromatic heterocycles. The lowest BCUT2D eigenvalue weighted by molar-refractivity contribution is -0.384. The first-order chi connectivity index (χ1) is 18.6. The predicted octanol–water partition coefficient (Wildman–Crippen LogP) is 5.01. The fraction of sp³-hybridized carbons (Fsp3) is 0.179. The summed E-state index contributed by atoms with van der Waals surface area (Å²) in [6.07, 6.45) is -1.27. The Kier molecular flexibility index (Phi) is 5.42. The van der Waals surface area contributed by atoms with Crippen LogP contribution < -0.4 is 4.90 Å². The molecule has 0 N–H and O–H groups in total. The third-order valence-electron chi connectivity index (χ3n) is 7.52. The second-order valence-corrected chi connectivity index (χ2v) is 9.56.